The number of benzene rings is 1. The second kappa shape index (κ2) is 11.0. The van der Waals surface area contributed by atoms with Gasteiger partial charge in [-0.2, -0.15) is 0 Å². The van der Waals surface area contributed by atoms with Crippen LogP contribution in [0.4, 0.5) is 0 Å². The molecule has 0 aromatic heterocycles. The molecule has 200 valence electrons. The molecule has 12 nitrogen and oxygen atoms in total. The standard InChI is InChI=1S/C25H28O12/c1-11-16(28)8-14-15(23(32)33)10-34-24(19(11)14)37-25-22(21(31)20(30)17(9-26)35-25)36-18(29)7-4-12-2-5-13(27)6-3-12/h2-7,10,14,16-17,19-22,24-28,30-31H,1,8-9H2,(H,32,33)/b7-4+/t14-,16+,17+,19-,20+,21-,22+,24+,25-/m1/s1. The number of aromatic hydroxyl groups is 1. The van der Waals surface area contributed by atoms with Crippen molar-refractivity contribution in [3.05, 3.63) is 59.9 Å². The van der Waals surface area contributed by atoms with E-state index in [1.807, 2.05) is 0 Å². The normalized spacial score (nSPS) is 35.5. The van der Waals surface area contributed by atoms with Crippen molar-refractivity contribution < 1.29 is 59.2 Å². The summed E-state index contributed by atoms with van der Waals surface area (Å²) in [6.45, 7) is 3.14. The zero-order valence-corrected chi connectivity index (χ0v) is 19.5. The third kappa shape index (κ3) is 5.54. The van der Waals surface area contributed by atoms with Crippen molar-refractivity contribution in [3.63, 3.8) is 0 Å². The highest BCUT2D eigenvalue weighted by Crippen LogP contribution is 2.46. The van der Waals surface area contributed by atoms with Crippen molar-refractivity contribution in [2.45, 2.75) is 49.5 Å². The van der Waals surface area contributed by atoms with Gasteiger partial charge in [-0.3, -0.25) is 0 Å². The third-order valence-electron chi connectivity index (χ3n) is 6.69. The lowest BCUT2D eigenvalue weighted by atomic mass is 9.85. The lowest BCUT2D eigenvalue weighted by molar-refractivity contribution is -0.340. The number of aliphatic carboxylic acids is 1. The van der Waals surface area contributed by atoms with Gasteiger partial charge in [-0.1, -0.05) is 18.7 Å². The summed E-state index contributed by atoms with van der Waals surface area (Å²) in [5.74, 6) is -3.57. The molecule has 0 bridgehead atoms. The smallest absolute Gasteiger partial charge is 0.334 e. The van der Waals surface area contributed by atoms with Crippen LogP contribution in [-0.2, 0) is 28.5 Å². The van der Waals surface area contributed by atoms with Crippen LogP contribution in [0.1, 0.15) is 12.0 Å². The highest BCUT2D eigenvalue weighted by molar-refractivity contribution is 5.88. The van der Waals surface area contributed by atoms with Gasteiger partial charge in [0.1, 0.15) is 24.1 Å². The van der Waals surface area contributed by atoms with E-state index in [0.29, 0.717) is 5.56 Å². The SMILES string of the molecule is C=C1[C@H]2[C@H](O[C@H]3O[C@@H](CO)[C@H](O)[C@@H](O)[C@@H]3OC(=O)/C=C/c3ccc(O)cc3)OC=C(C(=O)O)[C@H]2C[C@@H]1O. The van der Waals surface area contributed by atoms with Gasteiger partial charge in [0.15, 0.2) is 6.10 Å². The van der Waals surface area contributed by atoms with Crippen LogP contribution in [0.3, 0.4) is 0 Å². The number of esters is 1. The monoisotopic (exact) mass is 520 g/mol. The Balaban J connectivity index is 1.54. The van der Waals surface area contributed by atoms with Gasteiger partial charge in [-0.25, -0.2) is 9.59 Å². The maximum Gasteiger partial charge on any atom is 0.334 e. The maximum absolute atomic E-state index is 12.5. The van der Waals surface area contributed by atoms with E-state index >= 15 is 0 Å². The zero-order valence-electron chi connectivity index (χ0n) is 19.5. The summed E-state index contributed by atoms with van der Waals surface area (Å²) in [7, 11) is 0. The number of carbonyl (C=O) groups excluding carboxylic acids is 1. The Hall–Kier alpha value is -3.26. The Kier molecular flexibility index (Phi) is 7.97. The quantitative estimate of drug-likeness (QED) is 0.156. The summed E-state index contributed by atoms with van der Waals surface area (Å²) < 4.78 is 22.3. The van der Waals surface area contributed by atoms with E-state index in [1.165, 1.54) is 18.2 Å². The van der Waals surface area contributed by atoms with Gasteiger partial charge in [0.05, 0.1) is 30.5 Å². The molecule has 4 rings (SSSR count). The molecule has 2 heterocycles. The van der Waals surface area contributed by atoms with Crippen molar-refractivity contribution in [2.75, 3.05) is 6.61 Å². The number of hydrogen-bond donors (Lipinski definition) is 6. The van der Waals surface area contributed by atoms with Crippen LogP contribution in [0.15, 0.2) is 54.3 Å². The molecule has 0 unspecified atom stereocenters. The van der Waals surface area contributed by atoms with Crippen LogP contribution in [-0.4, -0.2) is 92.3 Å². The summed E-state index contributed by atoms with van der Waals surface area (Å²) in [6.07, 6.45) is -6.44. The maximum atomic E-state index is 12.5. The Morgan fingerprint density at radius 1 is 1.11 bits per heavy atom. The van der Waals surface area contributed by atoms with Crippen molar-refractivity contribution >= 4 is 18.0 Å². The van der Waals surface area contributed by atoms with Gasteiger partial charge < -0.3 is 49.6 Å². The predicted octanol–water partition coefficient (Wildman–Crippen LogP) is -0.349. The molecule has 1 aromatic carbocycles. The predicted molar refractivity (Wildman–Crippen MR) is 123 cm³/mol. The van der Waals surface area contributed by atoms with Gasteiger partial charge in [0.2, 0.25) is 12.6 Å². The van der Waals surface area contributed by atoms with E-state index in [2.05, 4.69) is 6.58 Å². The van der Waals surface area contributed by atoms with Crippen molar-refractivity contribution in [2.24, 2.45) is 11.8 Å². The fourth-order valence-electron chi connectivity index (χ4n) is 4.69. The van der Waals surface area contributed by atoms with Crippen molar-refractivity contribution in [1.82, 2.24) is 0 Å². The first kappa shape index (κ1) is 26.8. The Morgan fingerprint density at radius 2 is 1.81 bits per heavy atom. The molecule has 37 heavy (non-hydrogen) atoms. The average molecular weight is 520 g/mol. The summed E-state index contributed by atoms with van der Waals surface area (Å²) in [5, 5.41) is 59.7. The largest absolute Gasteiger partial charge is 0.508 e. The number of hydrogen-bond acceptors (Lipinski definition) is 11. The molecule has 6 N–H and O–H groups in total. The fourth-order valence-corrected chi connectivity index (χ4v) is 4.69. The van der Waals surface area contributed by atoms with Crippen LogP contribution < -0.4 is 0 Å². The number of ether oxygens (including phenoxy) is 4. The lowest BCUT2D eigenvalue weighted by Gasteiger charge is -2.43. The Bertz CT molecular complexity index is 1080. The van der Waals surface area contributed by atoms with E-state index in [-0.39, 0.29) is 23.3 Å². The first-order valence-corrected chi connectivity index (χ1v) is 11.5. The molecule has 1 aromatic rings. The number of rotatable bonds is 7. The molecule has 0 spiro atoms. The molecular formula is C25H28O12. The number of phenolic OH excluding ortho intramolecular Hbond substituents is 1. The number of aliphatic hydroxyl groups is 4. The molecule has 0 amide bonds. The molecule has 1 aliphatic carbocycles. The van der Waals surface area contributed by atoms with Gasteiger partial charge in [-0.15, -0.1) is 0 Å². The van der Waals surface area contributed by atoms with Gasteiger partial charge in [0.25, 0.3) is 0 Å². The molecule has 1 saturated heterocycles. The third-order valence-corrected chi connectivity index (χ3v) is 6.69. The van der Waals surface area contributed by atoms with Gasteiger partial charge >= 0.3 is 11.9 Å². The fraction of sp³-hybridized carbons (Fsp3) is 0.440. The highest BCUT2D eigenvalue weighted by atomic mass is 16.8. The minimum Gasteiger partial charge on any atom is -0.508 e. The molecule has 3 aliphatic rings. The minimum absolute atomic E-state index is 0.0459. The summed E-state index contributed by atoms with van der Waals surface area (Å²) in [6, 6.07) is 5.96. The highest BCUT2D eigenvalue weighted by Gasteiger charge is 2.53. The van der Waals surface area contributed by atoms with E-state index in [9.17, 15) is 40.2 Å². The van der Waals surface area contributed by atoms with E-state index in [0.717, 1.165) is 12.3 Å². The number of carbonyl (C=O) groups is 2. The van der Waals surface area contributed by atoms with Crippen LogP contribution in [0.25, 0.3) is 6.08 Å². The number of aliphatic hydroxyl groups excluding tert-OH is 4. The number of phenols is 1. The van der Waals surface area contributed by atoms with Gasteiger partial charge in [0, 0.05) is 12.0 Å². The second-order valence-electron chi connectivity index (χ2n) is 9.01. The van der Waals surface area contributed by atoms with Gasteiger partial charge in [-0.05, 0) is 35.8 Å². The number of carboxylic acid groups (broad SMARTS) is 1. The first-order chi connectivity index (χ1) is 17.6. The first-order valence-electron chi connectivity index (χ1n) is 11.5. The summed E-state index contributed by atoms with van der Waals surface area (Å²) in [4.78, 5) is 24.2. The van der Waals surface area contributed by atoms with E-state index < -0.39 is 73.5 Å². The summed E-state index contributed by atoms with van der Waals surface area (Å²) in [5.41, 5.74) is 0.782. The molecular weight excluding hydrogens is 492 g/mol. The van der Waals surface area contributed by atoms with Crippen LogP contribution in [0.2, 0.25) is 0 Å². The lowest BCUT2D eigenvalue weighted by Crippen LogP contribution is -2.61. The van der Waals surface area contributed by atoms with E-state index in [4.69, 9.17) is 18.9 Å². The minimum atomic E-state index is -1.72. The molecule has 12 heteroatoms. The second-order valence-corrected chi connectivity index (χ2v) is 9.01. The molecule has 9 atom stereocenters. The van der Waals surface area contributed by atoms with Crippen LogP contribution in [0, 0.1) is 11.8 Å². The van der Waals surface area contributed by atoms with Crippen molar-refractivity contribution in [3.8, 4) is 5.75 Å². The Morgan fingerprint density at radius 3 is 2.46 bits per heavy atom. The number of fused-ring (bicyclic) bond motifs is 1. The van der Waals surface area contributed by atoms with Crippen LogP contribution in [0.5, 0.6) is 5.75 Å². The topological polar surface area (TPSA) is 192 Å². The van der Waals surface area contributed by atoms with Crippen LogP contribution >= 0.6 is 0 Å². The van der Waals surface area contributed by atoms with Crippen molar-refractivity contribution in [1.29, 1.82) is 0 Å². The van der Waals surface area contributed by atoms with E-state index in [1.54, 1.807) is 12.1 Å². The molecule has 0 radical (unpaired) electrons. The number of carboxylic acids is 1. The average Bonchev–Trinajstić information content (AvgIpc) is 3.17. The molecule has 2 aliphatic heterocycles. The Labute approximate surface area is 211 Å². The molecule has 1 saturated carbocycles. The summed E-state index contributed by atoms with van der Waals surface area (Å²) >= 11 is 0. The molecule has 2 fully saturated rings. The zero-order chi connectivity index (χ0) is 26.9.